The summed E-state index contributed by atoms with van der Waals surface area (Å²) in [4.78, 5) is 38.5. The van der Waals surface area contributed by atoms with Gasteiger partial charge in [-0.2, -0.15) is 0 Å². The minimum absolute atomic E-state index is 0.112. The van der Waals surface area contributed by atoms with Crippen LogP contribution in [-0.2, 0) is 22.7 Å². The van der Waals surface area contributed by atoms with Gasteiger partial charge in [0, 0.05) is 0 Å². The number of halogens is 1. The molecule has 174 valence electrons. The largest absolute Gasteiger partial charge is 0.490 e. The molecule has 0 unspecified atom stereocenters. The molecular formula is C25H21ClN2O6. The second-order valence-electron chi connectivity index (χ2n) is 7.33. The highest BCUT2D eigenvalue weighted by Crippen LogP contribution is 2.38. The van der Waals surface area contributed by atoms with Gasteiger partial charge in [0.05, 0.1) is 24.4 Å². The Bertz CT molecular complexity index is 1240. The van der Waals surface area contributed by atoms with Gasteiger partial charge >= 0.3 is 6.03 Å². The highest BCUT2D eigenvalue weighted by molar-refractivity contribution is 6.33. The molecule has 2 heterocycles. The van der Waals surface area contributed by atoms with Gasteiger partial charge in [-0.1, -0.05) is 41.9 Å². The van der Waals surface area contributed by atoms with E-state index >= 15 is 0 Å². The summed E-state index contributed by atoms with van der Waals surface area (Å²) in [5.74, 6) is -0.430. The molecule has 0 saturated carbocycles. The van der Waals surface area contributed by atoms with Crippen LogP contribution in [0.2, 0.25) is 5.02 Å². The van der Waals surface area contributed by atoms with E-state index in [0.717, 1.165) is 10.5 Å². The molecule has 8 nitrogen and oxygen atoms in total. The van der Waals surface area contributed by atoms with E-state index < -0.39 is 17.8 Å². The smallest absolute Gasteiger partial charge is 0.331 e. The third-order valence-electron chi connectivity index (χ3n) is 4.95. The van der Waals surface area contributed by atoms with Crippen LogP contribution in [0.1, 0.15) is 23.8 Å². The molecule has 1 fully saturated rings. The first-order chi connectivity index (χ1) is 16.5. The number of nitrogens with zero attached hydrogens (tertiary/aromatic N) is 1. The Morgan fingerprint density at radius 3 is 2.56 bits per heavy atom. The molecule has 9 heteroatoms. The summed E-state index contributed by atoms with van der Waals surface area (Å²) >= 11 is 6.48. The van der Waals surface area contributed by atoms with Crippen molar-refractivity contribution in [2.24, 2.45) is 0 Å². The SMILES string of the molecule is CCOc1cc(C=C2C(=O)NC(=O)N(Cc3ccco3)C2=O)cc(Cl)c1OCc1ccccc1. The van der Waals surface area contributed by atoms with Gasteiger partial charge in [0.25, 0.3) is 11.8 Å². The molecule has 0 spiro atoms. The maximum absolute atomic E-state index is 12.9. The first-order valence-corrected chi connectivity index (χ1v) is 10.9. The molecule has 4 amide bonds. The van der Waals surface area contributed by atoms with Gasteiger partial charge in [-0.05, 0) is 48.4 Å². The molecular weight excluding hydrogens is 460 g/mol. The molecule has 4 rings (SSSR count). The van der Waals surface area contributed by atoms with Crippen molar-refractivity contribution in [3.05, 3.63) is 88.3 Å². The number of imide groups is 2. The Morgan fingerprint density at radius 1 is 1.06 bits per heavy atom. The topological polar surface area (TPSA) is 98.1 Å². The lowest BCUT2D eigenvalue weighted by molar-refractivity contribution is -0.130. The second-order valence-corrected chi connectivity index (χ2v) is 7.73. The van der Waals surface area contributed by atoms with E-state index in [2.05, 4.69) is 5.32 Å². The average Bonchev–Trinajstić information content (AvgIpc) is 3.33. The number of nitrogens with one attached hydrogen (secondary N) is 1. The maximum atomic E-state index is 12.9. The third kappa shape index (κ3) is 5.13. The summed E-state index contributed by atoms with van der Waals surface area (Å²) in [5, 5.41) is 2.43. The van der Waals surface area contributed by atoms with Crippen molar-refractivity contribution < 1.29 is 28.3 Å². The Labute approximate surface area is 200 Å². The molecule has 0 radical (unpaired) electrons. The normalized spacial score (nSPS) is 14.9. The van der Waals surface area contributed by atoms with E-state index in [9.17, 15) is 14.4 Å². The zero-order chi connectivity index (χ0) is 24.1. The number of urea groups is 1. The molecule has 34 heavy (non-hydrogen) atoms. The summed E-state index contributed by atoms with van der Waals surface area (Å²) in [7, 11) is 0. The Kier molecular flexibility index (Phi) is 6.98. The van der Waals surface area contributed by atoms with Gasteiger partial charge in [-0.3, -0.25) is 19.8 Å². The zero-order valence-electron chi connectivity index (χ0n) is 18.2. The van der Waals surface area contributed by atoms with Crippen LogP contribution >= 0.6 is 11.6 Å². The average molecular weight is 481 g/mol. The standard InChI is InChI=1S/C25H21ClN2O6/c1-2-32-21-13-17(12-20(26)22(21)34-15-16-7-4-3-5-8-16)11-19-23(29)27-25(31)28(24(19)30)14-18-9-6-10-33-18/h3-13H,2,14-15H2,1H3,(H,27,29,31). The van der Waals surface area contributed by atoms with E-state index in [4.69, 9.17) is 25.5 Å². The number of hydrogen-bond donors (Lipinski definition) is 1. The van der Waals surface area contributed by atoms with Crippen LogP contribution in [0.25, 0.3) is 6.08 Å². The first kappa shape index (κ1) is 23.1. The van der Waals surface area contributed by atoms with Gasteiger partial charge in [0.2, 0.25) is 0 Å². The molecule has 1 N–H and O–H groups in total. The van der Waals surface area contributed by atoms with Crippen molar-refractivity contribution in [2.75, 3.05) is 6.61 Å². The molecule has 0 bridgehead atoms. The van der Waals surface area contributed by atoms with E-state index in [1.807, 2.05) is 37.3 Å². The Morgan fingerprint density at radius 2 is 1.85 bits per heavy atom. The van der Waals surface area contributed by atoms with Crippen LogP contribution in [0, 0.1) is 0 Å². The Balaban J connectivity index is 1.62. The van der Waals surface area contributed by atoms with Crippen molar-refractivity contribution in [3.63, 3.8) is 0 Å². The lowest BCUT2D eigenvalue weighted by Gasteiger charge is -2.25. The zero-order valence-corrected chi connectivity index (χ0v) is 19.0. The predicted octanol–water partition coefficient (Wildman–Crippen LogP) is 4.57. The molecule has 1 aliphatic heterocycles. The highest BCUT2D eigenvalue weighted by atomic mass is 35.5. The van der Waals surface area contributed by atoms with Gasteiger partial charge in [-0.25, -0.2) is 4.79 Å². The van der Waals surface area contributed by atoms with Crippen molar-refractivity contribution in [1.29, 1.82) is 0 Å². The fraction of sp³-hybridized carbons (Fsp3) is 0.160. The summed E-state index contributed by atoms with van der Waals surface area (Å²) < 4.78 is 16.8. The number of hydrogen-bond acceptors (Lipinski definition) is 6. The van der Waals surface area contributed by atoms with Gasteiger partial charge in [0.15, 0.2) is 11.5 Å². The molecule has 1 aliphatic rings. The molecule has 3 aromatic rings. The summed E-state index contributed by atoms with van der Waals surface area (Å²) in [6.07, 6.45) is 2.79. The van der Waals surface area contributed by atoms with Gasteiger partial charge in [-0.15, -0.1) is 0 Å². The van der Waals surface area contributed by atoms with Crippen LogP contribution in [0.3, 0.4) is 0 Å². The van der Waals surface area contributed by atoms with E-state index in [-0.39, 0.29) is 23.7 Å². The number of barbiturate groups is 1. The molecule has 2 aromatic carbocycles. The van der Waals surface area contributed by atoms with E-state index in [1.165, 1.54) is 12.3 Å². The van der Waals surface area contributed by atoms with Gasteiger partial charge < -0.3 is 13.9 Å². The number of carbonyl (C=O) groups excluding carboxylic acids is 3. The number of rotatable bonds is 8. The monoisotopic (exact) mass is 480 g/mol. The summed E-state index contributed by atoms with van der Waals surface area (Å²) in [6, 6.07) is 15.2. The van der Waals surface area contributed by atoms with Crippen molar-refractivity contribution >= 4 is 35.5 Å². The number of carbonyl (C=O) groups is 3. The minimum Gasteiger partial charge on any atom is -0.490 e. The van der Waals surface area contributed by atoms with E-state index in [1.54, 1.807) is 24.3 Å². The number of amides is 4. The van der Waals surface area contributed by atoms with Crippen LogP contribution in [0.4, 0.5) is 4.79 Å². The number of furan rings is 1. The summed E-state index contributed by atoms with van der Waals surface area (Å²) in [5.41, 5.74) is 1.17. The number of benzene rings is 2. The van der Waals surface area contributed by atoms with Crippen LogP contribution in [0.5, 0.6) is 11.5 Å². The van der Waals surface area contributed by atoms with Crippen molar-refractivity contribution in [3.8, 4) is 11.5 Å². The first-order valence-electron chi connectivity index (χ1n) is 10.5. The van der Waals surface area contributed by atoms with Crippen LogP contribution < -0.4 is 14.8 Å². The van der Waals surface area contributed by atoms with Crippen LogP contribution in [-0.4, -0.2) is 29.4 Å². The lowest BCUT2D eigenvalue weighted by Crippen LogP contribution is -2.53. The highest BCUT2D eigenvalue weighted by Gasteiger charge is 2.36. The molecule has 1 aromatic heterocycles. The third-order valence-corrected chi connectivity index (χ3v) is 5.23. The van der Waals surface area contributed by atoms with E-state index in [0.29, 0.717) is 29.4 Å². The maximum Gasteiger partial charge on any atom is 0.331 e. The lowest BCUT2D eigenvalue weighted by atomic mass is 10.1. The predicted molar refractivity (Wildman–Crippen MR) is 124 cm³/mol. The minimum atomic E-state index is -0.818. The summed E-state index contributed by atoms with van der Waals surface area (Å²) in [6.45, 7) is 2.34. The molecule has 0 atom stereocenters. The second kappa shape index (κ2) is 10.3. The van der Waals surface area contributed by atoms with Crippen molar-refractivity contribution in [1.82, 2.24) is 10.2 Å². The number of ether oxygens (including phenoxy) is 2. The Hall–Kier alpha value is -4.04. The fourth-order valence-corrected chi connectivity index (χ4v) is 3.64. The molecule has 0 aliphatic carbocycles. The van der Waals surface area contributed by atoms with Crippen molar-refractivity contribution in [2.45, 2.75) is 20.1 Å². The van der Waals surface area contributed by atoms with Gasteiger partial charge in [0.1, 0.15) is 17.9 Å². The fourth-order valence-electron chi connectivity index (χ4n) is 3.37. The molecule has 1 saturated heterocycles. The van der Waals surface area contributed by atoms with Crippen LogP contribution in [0.15, 0.2) is 70.9 Å². The quantitative estimate of drug-likeness (QED) is 0.374.